The molecule has 1 fully saturated rings. The summed E-state index contributed by atoms with van der Waals surface area (Å²) in [5.41, 5.74) is 0.695. The van der Waals surface area contributed by atoms with Gasteiger partial charge < -0.3 is 4.74 Å². The third kappa shape index (κ3) is 4.27. The van der Waals surface area contributed by atoms with Gasteiger partial charge in [-0.05, 0) is 32.4 Å². The first-order valence-electron chi connectivity index (χ1n) is 7.13. The molecule has 1 heterocycles. The monoisotopic (exact) mass is 363 g/mol. The third-order valence-electron chi connectivity index (χ3n) is 3.19. The van der Waals surface area contributed by atoms with Gasteiger partial charge >= 0.3 is 0 Å². The first-order valence-corrected chi connectivity index (χ1v) is 10.2. The van der Waals surface area contributed by atoms with E-state index in [0.29, 0.717) is 24.4 Å². The summed E-state index contributed by atoms with van der Waals surface area (Å²) in [7, 11) is -5.63. The molecule has 1 aromatic rings. The average molecular weight is 363 g/mol. The molecule has 0 amide bonds. The molecule has 0 spiro atoms. The highest BCUT2D eigenvalue weighted by atomic mass is 32.2. The second kappa shape index (κ2) is 6.54. The van der Waals surface area contributed by atoms with Crippen LogP contribution in [-0.4, -0.2) is 42.3 Å². The molecule has 0 bridgehead atoms. The topological polar surface area (TPSA) is 105 Å². The lowest BCUT2D eigenvalue weighted by Crippen LogP contribution is -2.35. The first kappa shape index (κ1) is 17.8. The summed E-state index contributed by atoms with van der Waals surface area (Å²) >= 11 is 0. The maximum absolute atomic E-state index is 12.0. The maximum Gasteiger partial charge on any atom is 0.299 e. The smallest absolute Gasteiger partial charge is 0.299 e. The largest absolute Gasteiger partial charge is 0.494 e. The van der Waals surface area contributed by atoms with Crippen molar-refractivity contribution in [2.24, 2.45) is 0 Å². The Hall–Kier alpha value is -1.52. The van der Waals surface area contributed by atoms with Crippen molar-refractivity contribution >= 4 is 31.6 Å². The second-order valence-corrected chi connectivity index (χ2v) is 8.97. The summed E-state index contributed by atoms with van der Waals surface area (Å²) in [5, 5.41) is 0. The van der Waals surface area contributed by atoms with E-state index in [0.717, 1.165) is 0 Å². The number of hydrogen-bond acceptors (Lipinski definition) is 5. The normalized spacial score (nSPS) is 17.5. The zero-order valence-electron chi connectivity index (χ0n) is 13.2. The van der Waals surface area contributed by atoms with Crippen molar-refractivity contribution in [2.75, 3.05) is 28.4 Å². The quantitative estimate of drug-likeness (QED) is 0.781. The Balaban J connectivity index is 2.30. The fourth-order valence-electron chi connectivity index (χ4n) is 2.35. The Morgan fingerprint density at radius 3 is 2.52 bits per heavy atom. The number of hydrogen-bond donors (Lipinski definition) is 2. The molecule has 1 saturated heterocycles. The van der Waals surface area contributed by atoms with E-state index in [1.165, 1.54) is 29.6 Å². The maximum atomic E-state index is 12.0. The van der Waals surface area contributed by atoms with Crippen molar-refractivity contribution in [1.29, 1.82) is 0 Å². The highest BCUT2D eigenvalue weighted by Gasteiger charge is 2.30. The van der Waals surface area contributed by atoms with Crippen LogP contribution in [0.15, 0.2) is 18.2 Å². The van der Waals surface area contributed by atoms with E-state index in [1.54, 1.807) is 13.8 Å². The molecule has 0 atom stereocenters. The van der Waals surface area contributed by atoms with Gasteiger partial charge in [-0.3, -0.25) is 9.03 Å². The van der Waals surface area contributed by atoms with Gasteiger partial charge in [-0.15, -0.1) is 0 Å². The molecule has 8 nitrogen and oxygen atoms in total. The second-order valence-electron chi connectivity index (χ2n) is 5.51. The van der Waals surface area contributed by atoms with Crippen LogP contribution in [0.2, 0.25) is 0 Å². The van der Waals surface area contributed by atoms with Crippen molar-refractivity contribution in [1.82, 2.24) is 4.72 Å². The molecule has 0 aromatic heterocycles. The van der Waals surface area contributed by atoms with Gasteiger partial charge in [0, 0.05) is 18.7 Å². The van der Waals surface area contributed by atoms with Crippen molar-refractivity contribution in [2.45, 2.75) is 26.3 Å². The summed E-state index contributed by atoms with van der Waals surface area (Å²) in [6, 6.07) is 4.26. The van der Waals surface area contributed by atoms with E-state index in [4.69, 9.17) is 4.74 Å². The number of ether oxygens (including phenoxy) is 1. The Bertz CT molecular complexity index is 775. The zero-order chi connectivity index (χ0) is 17.3. The molecule has 0 aliphatic carbocycles. The number of methoxy groups -OCH3 is 1. The third-order valence-corrected chi connectivity index (χ3v) is 6.33. The summed E-state index contributed by atoms with van der Waals surface area (Å²) < 4.78 is 59.1. The molecule has 1 aliphatic heterocycles. The van der Waals surface area contributed by atoms with Crippen LogP contribution in [-0.2, 0) is 20.2 Å². The van der Waals surface area contributed by atoms with Crippen LogP contribution in [0.3, 0.4) is 0 Å². The zero-order valence-corrected chi connectivity index (χ0v) is 14.9. The minimum atomic E-state index is -3.70. The van der Waals surface area contributed by atoms with Crippen LogP contribution in [0.25, 0.3) is 0 Å². The van der Waals surface area contributed by atoms with E-state index >= 15 is 0 Å². The summed E-state index contributed by atoms with van der Waals surface area (Å²) in [6.07, 6.45) is 0.554. The van der Waals surface area contributed by atoms with Crippen molar-refractivity contribution < 1.29 is 21.6 Å². The molecule has 1 aromatic carbocycles. The van der Waals surface area contributed by atoms with Crippen LogP contribution in [0.4, 0.5) is 11.4 Å². The highest BCUT2D eigenvalue weighted by molar-refractivity contribution is 7.93. The van der Waals surface area contributed by atoms with Crippen LogP contribution in [0.1, 0.15) is 20.3 Å². The molecule has 23 heavy (non-hydrogen) atoms. The predicted molar refractivity (Wildman–Crippen MR) is 89.6 cm³/mol. The molecule has 0 unspecified atom stereocenters. The van der Waals surface area contributed by atoms with Gasteiger partial charge in [0.05, 0.1) is 24.2 Å². The van der Waals surface area contributed by atoms with E-state index in [9.17, 15) is 16.8 Å². The Morgan fingerprint density at radius 2 is 2.00 bits per heavy atom. The lowest BCUT2D eigenvalue weighted by Gasteiger charge is -2.20. The van der Waals surface area contributed by atoms with Gasteiger partial charge in [-0.1, -0.05) is 0 Å². The summed E-state index contributed by atoms with van der Waals surface area (Å²) in [6.45, 7) is 3.81. The fraction of sp³-hybridized carbons (Fsp3) is 0.538. The Labute approximate surface area is 137 Å². The van der Waals surface area contributed by atoms with E-state index < -0.39 is 20.2 Å². The molecule has 0 saturated carbocycles. The Morgan fingerprint density at radius 1 is 1.30 bits per heavy atom. The van der Waals surface area contributed by atoms with Gasteiger partial charge in [0.15, 0.2) is 0 Å². The number of nitrogens with zero attached hydrogens (tertiary/aromatic N) is 1. The number of sulfonamides is 1. The van der Waals surface area contributed by atoms with Crippen LogP contribution in [0.5, 0.6) is 5.75 Å². The van der Waals surface area contributed by atoms with E-state index in [1.807, 2.05) is 0 Å². The molecule has 2 N–H and O–H groups in total. The van der Waals surface area contributed by atoms with Gasteiger partial charge in [-0.2, -0.15) is 13.1 Å². The molecule has 0 radical (unpaired) electrons. The number of nitrogens with one attached hydrogen (secondary N) is 2. The Kier molecular flexibility index (Phi) is 5.07. The average Bonchev–Trinajstić information content (AvgIpc) is 2.76. The van der Waals surface area contributed by atoms with E-state index in [-0.39, 0.29) is 17.5 Å². The fourth-order valence-corrected chi connectivity index (χ4v) is 5.04. The van der Waals surface area contributed by atoms with Crippen molar-refractivity contribution in [3.63, 3.8) is 0 Å². The number of anilines is 2. The van der Waals surface area contributed by atoms with E-state index in [2.05, 4.69) is 9.44 Å². The first-order chi connectivity index (χ1) is 10.6. The minimum Gasteiger partial charge on any atom is -0.494 e. The van der Waals surface area contributed by atoms with Gasteiger partial charge in [0.1, 0.15) is 5.75 Å². The number of benzene rings is 1. The van der Waals surface area contributed by atoms with Crippen molar-refractivity contribution in [3.8, 4) is 5.75 Å². The highest BCUT2D eigenvalue weighted by Crippen LogP contribution is 2.35. The lowest BCUT2D eigenvalue weighted by atomic mass is 10.2. The van der Waals surface area contributed by atoms with Crippen LogP contribution in [0, 0.1) is 0 Å². The molecule has 2 rings (SSSR count). The van der Waals surface area contributed by atoms with Gasteiger partial charge in [-0.25, -0.2) is 8.42 Å². The minimum absolute atomic E-state index is 0.100. The van der Waals surface area contributed by atoms with Crippen LogP contribution < -0.4 is 18.5 Å². The lowest BCUT2D eigenvalue weighted by molar-refractivity contribution is 0.416. The SMILES string of the molecule is COc1cc(NS(=O)(=O)NC(C)C)ccc1N1CCCS1(=O)=O. The molecule has 130 valence electrons. The molecular weight excluding hydrogens is 342 g/mol. The van der Waals surface area contributed by atoms with Gasteiger partial charge in [0.25, 0.3) is 10.2 Å². The number of rotatable bonds is 6. The molecule has 10 heteroatoms. The summed E-state index contributed by atoms with van der Waals surface area (Å²) in [4.78, 5) is 0. The molecule has 1 aliphatic rings. The summed E-state index contributed by atoms with van der Waals surface area (Å²) in [5.74, 6) is 0.392. The standard InChI is InChI=1S/C13H21N3O5S2/c1-10(2)14-23(19,20)15-11-5-6-12(13(9-11)21-3)16-7-4-8-22(16,17)18/h5-6,9-10,14-15H,4,7-8H2,1-3H3. The van der Waals surface area contributed by atoms with Crippen LogP contribution >= 0.6 is 0 Å². The predicted octanol–water partition coefficient (Wildman–Crippen LogP) is 0.890. The molecular formula is C13H21N3O5S2. The van der Waals surface area contributed by atoms with Gasteiger partial charge in [0.2, 0.25) is 10.0 Å². The van der Waals surface area contributed by atoms with Crippen molar-refractivity contribution in [3.05, 3.63) is 18.2 Å².